The van der Waals surface area contributed by atoms with Crippen LogP contribution in [0.5, 0.6) is 57.5 Å². The molecule has 4 atom stereocenters. The van der Waals surface area contributed by atoms with Gasteiger partial charge in [0.05, 0.1) is 147 Å². The summed E-state index contributed by atoms with van der Waals surface area (Å²) in [5.74, 6) is 5.51. The number of benzene rings is 6. The molecule has 90 heavy (non-hydrogen) atoms. The van der Waals surface area contributed by atoms with Gasteiger partial charge < -0.3 is 74.9 Å². The second-order valence-corrected chi connectivity index (χ2v) is 24.6. The van der Waals surface area contributed by atoms with Gasteiger partial charge in [-0.05, 0) is 108 Å². The highest BCUT2D eigenvalue weighted by molar-refractivity contribution is 7.86. The van der Waals surface area contributed by atoms with E-state index < -0.39 is 20.2 Å². The fraction of sp³-hybridized carbons (Fsp3) is 0.424. The molecule has 0 aromatic heterocycles. The number of carbonyl (C=O) groups excluding carboxylic acids is 2. The topological polar surface area (TPSA) is 259 Å². The van der Waals surface area contributed by atoms with Gasteiger partial charge in [-0.15, -0.1) is 0 Å². The minimum absolute atomic E-state index is 0.0376. The van der Waals surface area contributed by atoms with E-state index in [9.17, 15) is 35.5 Å². The summed E-state index contributed by atoms with van der Waals surface area (Å²) in [6, 6.07) is 30.5. The van der Waals surface area contributed by atoms with Crippen molar-refractivity contribution >= 4 is 32.2 Å². The van der Waals surface area contributed by atoms with Crippen LogP contribution in [-0.2, 0) is 65.0 Å². The molecule has 24 heteroatoms. The average Bonchev–Trinajstić information content (AvgIpc) is 0.788. The maximum Gasteiger partial charge on any atom is 0.311 e. The van der Waals surface area contributed by atoms with E-state index >= 15 is 0 Å². The van der Waals surface area contributed by atoms with E-state index in [1.54, 1.807) is 83.2 Å². The molecule has 0 saturated heterocycles. The van der Waals surface area contributed by atoms with E-state index in [1.165, 1.54) is 59.7 Å². The molecule has 2 aliphatic rings. The van der Waals surface area contributed by atoms with E-state index in [4.69, 9.17) is 56.8 Å². The number of carbonyl (C=O) groups is 2. The van der Waals surface area contributed by atoms with Crippen molar-refractivity contribution in [2.75, 3.05) is 125 Å². The molecule has 490 valence electrons. The highest BCUT2D eigenvalue weighted by Gasteiger charge is 2.42. The summed E-state index contributed by atoms with van der Waals surface area (Å²) in [6.45, 7) is 3.21. The van der Waals surface area contributed by atoms with Crippen LogP contribution in [0.4, 0.5) is 0 Å². The number of ether oxygens (including phenoxy) is 12. The maximum atomic E-state index is 13.3. The van der Waals surface area contributed by atoms with E-state index in [2.05, 4.69) is 38.4 Å². The molecule has 0 saturated carbocycles. The zero-order valence-corrected chi connectivity index (χ0v) is 55.0. The Morgan fingerprint density at radius 1 is 0.433 bits per heavy atom. The highest BCUT2D eigenvalue weighted by Crippen LogP contribution is 2.47. The Kier molecular flexibility index (Phi) is 25.8. The van der Waals surface area contributed by atoms with Crippen molar-refractivity contribution in [2.45, 2.75) is 73.2 Å². The third-order valence-electron chi connectivity index (χ3n) is 16.4. The Labute approximate surface area is 529 Å². The molecule has 2 heterocycles. The SMILES string of the molecule is COc1cc2c(cc1OC)[C@@H](Cc1cc(OC)c(OC)c(OC)c1)[N+](C)(CCC(=O)OCCCCOC(=O)CC[N+]1(C)CCc3cc(OC)c(OC)cc3[C@H]1Cc1cc(OC)c(OC)c(OC)c1)CC2.O=S(=O)([O-])c1ccccc1.O=S(=O)([O-])c1ccccc1. The van der Waals surface area contributed by atoms with Crippen LogP contribution >= 0.6 is 0 Å². The number of unbranched alkanes of at least 4 members (excludes halogenated alkanes) is 1. The summed E-state index contributed by atoms with van der Waals surface area (Å²) < 4.78 is 131. The molecule has 2 unspecified atom stereocenters. The second-order valence-electron chi connectivity index (χ2n) is 21.9. The largest absolute Gasteiger partial charge is 0.744 e. The molecule has 0 radical (unpaired) electrons. The molecule has 0 bridgehead atoms. The van der Waals surface area contributed by atoms with Crippen LogP contribution < -0.4 is 47.4 Å². The Bertz CT molecular complexity index is 3310. The number of nitrogens with zero attached hydrogens (tertiary/aromatic N) is 2. The lowest BCUT2D eigenvalue weighted by Crippen LogP contribution is -2.53. The first-order chi connectivity index (χ1) is 43.0. The number of hydrogen-bond donors (Lipinski definition) is 0. The van der Waals surface area contributed by atoms with E-state index in [0.29, 0.717) is 105 Å². The molecule has 6 aromatic rings. The van der Waals surface area contributed by atoms with Gasteiger partial charge in [-0.3, -0.25) is 9.59 Å². The average molecular weight is 1290 g/mol. The fourth-order valence-electron chi connectivity index (χ4n) is 11.4. The number of hydrogen-bond acceptors (Lipinski definition) is 20. The Morgan fingerprint density at radius 2 is 0.733 bits per heavy atom. The first-order valence-electron chi connectivity index (χ1n) is 29.1. The molecule has 0 amide bonds. The Morgan fingerprint density at radius 3 is 1.00 bits per heavy atom. The lowest BCUT2D eigenvalue weighted by molar-refractivity contribution is -0.940. The van der Waals surface area contributed by atoms with Crippen LogP contribution in [0.3, 0.4) is 0 Å². The van der Waals surface area contributed by atoms with Gasteiger partial charge in [-0.25, -0.2) is 16.8 Å². The molecule has 22 nitrogen and oxygen atoms in total. The van der Waals surface area contributed by atoms with Gasteiger partial charge in [0.1, 0.15) is 32.3 Å². The van der Waals surface area contributed by atoms with Crippen molar-refractivity contribution in [3.05, 3.63) is 143 Å². The van der Waals surface area contributed by atoms with Gasteiger partial charge in [0.15, 0.2) is 46.0 Å². The van der Waals surface area contributed by atoms with Crippen molar-refractivity contribution in [3.63, 3.8) is 0 Å². The van der Waals surface area contributed by atoms with E-state index in [-0.39, 0.29) is 59.9 Å². The first-order valence-corrected chi connectivity index (χ1v) is 31.9. The third kappa shape index (κ3) is 18.3. The summed E-state index contributed by atoms with van der Waals surface area (Å²) in [4.78, 5) is 26.3. The number of quaternary nitrogens is 2. The van der Waals surface area contributed by atoms with E-state index in [1.807, 2.05) is 24.3 Å². The molecule has 0 aliphatic carbocycles. The van der Waals surface area contributed by atoms with Crippen molar-refractivity contribution < 1.29 is 101 Å². The molecule has 0 N–H and O–H groups in total. The van der Waals surface area contributed by atoms with Crippen LogP contribution in [0.1, 0.15) is 71.1 Å². The van der Waals surface area contributed by atoms with Gasteiger partial charge in [0, 0.05) is 36.8 Å². The van der Waals surface area contributed by atoms with Gasteiger partial charge in [-0.2, -0.15) is 0 Å². The van der Waals surface area contributed by atoms with Gasteiger partial charge in [0.2, 0.25) is 11.5 Å². The second kappa shape index (κ2) is 32.7. The Hall–Kier alpha value is -8.00. The molecular weight excluding hydrogens is 1200 g/mol. The smallest absolute Gasteiger partial charge is 0.311 e. The van der Waals surface area contributed by atoms with Crippen molar-refractivity contribution in [3.8, 4) is 57.5 Å². The Balaban J connectivity index is 0.000000543. The summed E-state index contributed by atoms with van der Waals surface area (Å²) in [5.41, 5.74) is 6.64. The predicted molar refractivity (Wildman–Crippen MR) is 333 cm³/mol. The van der Waals surface area contributed by atoms with Gasteiger partial charge in [0.25, 0.3) is 0 Å². The van der Waals surface area contributed by atoms with Gasteiger partial charge in [-0.1, -0.05) is 36.4 Å². The summed E-state index contributed by atoms with van der Waals surface area (Å²) in [7, 11) is 12.1. The first kappa shape index (κ1) is 71.1. The molecule has 6 aromatic carbocycles. The van der Waals surface area contributed by atoms with Crippen LogP contribution in [0, 0.1) is 0 Å². The molecular formula is C66H84N2O20S2. The monoisotopic (exact) mass is 1290 g/mol. The normalized spacial score (nSPS) is 17.4. The van der Waals surface area contributed by atoms with Crippen LogP contribution in [-0.4, -0.2) is 171 Å². The van der Waals surface area contributed by atoms with Crippen molar-refractivity contribution in [2.24, 2.45) is 0 Å². The zero-order valence-electron chi connectivity index (χ0n) is 53.3. The lowest BCUT2D eigenvalue weighted by atomic mass is 9.86. The van der Waals surface area contributed by atoms with Crippen molar-refractivity contribution in [1.82, 2.24) is 0 Å². The quantitative estimate of drug-likeness (QED) is 0.0202. The number of methoxy groups -OCH3 is 10. The minimum Gasteiger partial charge on any atom is -0.744 e. The fourth-order valence-corrected chi connectivity index (χ4v) is 12.4. The van der Waals surface area contributed by atoms with Crippen molar-refractivity contribution in [1.29, 1.82) is 0 Å². The third-order valence-corrected chi connectivity index (χ3v) is 18.1. The maximum absolute atomic E-state index is 13.3. The number of likely N-dealkylation sites (N-methyl/N-ethyl adjacent to an activating group) is 2. The predicted octanol–water partition coefficient (Wildman–Crippen LogP) is 8.87. The van der Waals surface area contributed by atoms with Crippen LogP contribution in [0.2, 0.25) is 0 Å². The summed E-state index contributed by atoms with van der Waals surface area (Å²) >= 11 is 0. The number of esters is 2. The summed E-state index contributed by atoms with van der Waals surface area (Å²) in [5, 5.41) is 0. The molecule has 0 spiro atoms. The van der Waals surface area contributed by atoms with Crippen LogP contribution in [0.15, 0.2) is 119 Å². The molecule has 2 aliphatic heterocycles. The minimum atomic E-state index is -4.25. The van der Waals surface area contributed by atoms with E-state index in [0.717, 1.165) is 48.2 Å². The van der Waals surface area contributed by atoms with Crippen LogP contribution in [0.25, 0.3) is 0 Å². The number of fused-ring (bicyclic) bond motifs is 2. The zero-order chi connectivity index (χ0) is 65.8. The molecule has 8 rings (SSSR count). The number of rotatable bonds is 27. The molecule has 0 fully saturated rings. The highest BCUT2D eigenvalue weighted by atomic mass is 32.2. The summed E-state index contributed by atoms with van der Waals surface area (Å²) in [6.07, 6.45) is 4.49. The van der Waals surface area contributed by atoms with Gasteiger partial charge >= 0.3 is 11.9 Å². The standard InChI is InChI=1S/C54H74N2O14.2C6H6O3S/c1-55(19-15-37-31-43(59-3)45(61-5)33-39(37)41(55)25-35-27-47(63-7)53(67-11)48(28-35)64-8)21-17-51(57)69-23-13-14-24-70-52(58)18-22-56(2)20-16-38-32-44(60-4)46(62-6)34-40(38)42(56)26-36-29-49(65-9)54(68-12)50(30-36)66-10;2*7-10(8,9)6-4-2-1-3-5-6/h27-34,41-42H,13-26H2,1-12H3;2*1-5H,(H,7,8,9)/q+2;;/p-2/t41-,42-,55?,56?;;/m1../s1. The lowest BCUT2D eigenvalue weighted by Gasteiger charge is -2.46.